The zero-order chi connectivity index (χ0) is 10.8. The van der Waals surface area contributed by atoms with E-state index in [1.165, 1.54) is 4.88 Å². The molecule has 0 aliphatic carbocycles. The molecule has 0 unspecified atom stereocenters. The summed E-state index contributed by atoms with van der Waals surface area (Å²) < 4.78 is 0. The molecule has 3 nitrogen and oxygen atoms in total. The first-order chi connectivity index (χ1) is 7.15. The van der Waals surface area contributed by atoms with Crippen molar-refractivity contribution in [2.75, 3.05) is 13.1 Å². The van der Waals surface area contributed by atoms with Gasteiger partial charge in [-0.2, -0.15) is 0 Å². The summed E-state index contributed by atoms with van der Waals surface area (Å²) in [4.78, 5) is 8.14. The lowest BCUT2D eigenvalue weighted by atomic mass is 9.95. The van der Waals surface area contributed by atoms with Crippen LogP contribution in [-0.2, 0) is 6.54 Å². The lowest BCUT2D eigenvalue weighted by molar-refractivity contribution is 0.159. The second kappa shape index (κ2) is 4.60. The lowest BCUT2D eigenvalue weighted by Crippen LogP contribution is -2.45. The van der Waals surface area contributed by atoms with Gasteiger partial charge in [-0.05, 0) is 19.3 Å². The second-order valence-electron chi connectivity index (χ2n) is 4.51. The highest BCUT2D eigenvalue weighted by atomic mass is 32.1. The van der Waals surface area contributed by atoms with Gasteiger partial charge in [0.1, 0.15) is 0 Å². The van der Waals surface area contributed by atoms with Crippen molar-refractivity contribution in [1.29, 1.82) is 0 Å². The van der Waals surface area contributed by atoms with E-state index in [2.05, 4.69) is 23.7 Å². The van der Waals surface area contributed by atoms with Crippen molar-refractivity contribution in [3.63, 3.8) is 0 Å². The van der Waals surface area contributed by atoms with Crippen LogP contribution in [0.2, 0.25) is 0 Å². The van der Waals surface area contributed by atoms with Gasteiger partial charge in [-0.1, -0.05) is 6.92 Å². The highest BCUT2D eigenvalue weighted by molar-refractivity contribution is 7.11. The second-order valence-corrected chi connectivity index (χ2v) is 5.83. The van der Waals surface area contributed by atoms with E-state index in [0.29, 0.717) is 12.0 Å². The third-order valence-electron chi connectivity index (χ3n) is 3.10. The Labute approximate surface area is 95.3 Å². The average Bonchev–Trinajstić information content (AvgIpc) is 2.58. The Kier molecular flexibility index (Phi) is 3.38. The van der Waals surface area contributed by atoms with Crippen molar-refractivity contribution in [2.45, 2.75) is 32.9 Å². The van der Waals surface area contributed by atoms with Gasteiger partial charge in [0.25, 0.3) is 0 Å². The fourth-order valence-electron chi connectivity index (χ4n) is 2.09. The molecule has 2 heterocycles. The van der Waals surface area contributed by atoms with E-state index in [0.717, 1.165) is 31.1 Å². The summed E-state index contributed by atoms with van der Waals surface area (Å²) in [6.07, 6.45) is 3.12. The summed E-state index contributed by atoms with van der Waals surface area (Å²) in [6.45, 7) is 7.60. The SMILES string of the molecule is Cc1ncc(CN2CC[C@@H](N)[C@H](C)C2)s1. The van der Waals surface area contributed by atoms with E-state index < -0.39 is 0 Å². The van der Waals surface area contributed by atoms with Crippen LogP contribution in [0.15, 0.2) is 6.20 Å². The van der Waals surface area contributed by atoms with Crippen LogP contribution in [0.5, 0.6) is 0 Å². The van der Waals surface area contributed by atoms with Gasteiger partial charge in [0, 0.05) is 36.8 Å². The van der Waals surface area contributed by atoms with Crippen LogP contribution < -0.4 is 5.73 Å². The standard InChI is InChI=1S/C11H19N3S/c1-8-6-14(4-3-11(8)12)7-10-5-13-9(2)15-10/h5,8,11H,3-4,6-7,12H2,1-2H3/t8-,11-/m1/s1. The Morgan fingerprint density at radius 3 is 3.07 bits per heavy atom. The Balaban J connectivity index is 1.90. The molecule has 1 aliphatic rings. The molecule has 15 heavy (non-hydrogen) atoms. The van der Waals surface area contributed by atoms with Gasteiger partial charge in [-0.15, -0.1) is 11.3 Å². The number of piperidine rings is 1. The summed E-state index contributed by atoms with van der Waals surface area (Å²) in [6, 6.07) is 0.393. The monoisotopic (exact) mass is 225 g/mol. The predicted molar refractivity (Wildman–Crippen MR) is 63.9 cm³/mol. The lowest BCUT2D eigenvalue weighted by Gasteiger charge is -2.34. The van der Waals surface area contributed by atoms with E-state index in [9.17, 15) is 0 Å². The topological polar surface area (TPSA) is 42.2 Å². The fraction of sp³-hybridized carbons (Fsp3) is 0.727. The maximum atomic E-state index is 6.00. The molecule has 2 rings (SSSR count). The van der Waals surface area contributed by atoms with Crippen molar-refractivity contribution in [3.05, 3.63) is 16.1 Å². The minimum absolute atomic E-state index is 0.393. The average molecular weight is 225 g/mol. The Bertz CT molecular complexity index is 323. The molecule has 1 aromatic heterocycles. The van der Waals surface area contributed by atoms with Crippen molar-refractivity contribution in [3.8, 4) is 0 Å². The van der Waals surface area contributed by atoms with E-state index in [4.69, 9.17) is 5.73 Å². The number of nitrogens with two attached hydrogens (primary N) is 1. The van der Waals surface area contributed by atoms with Crippen LogP contribution in [0.25, 0.3) is 0 Å². The highest BCUT2D eigenvalue weighted by Crippen LogP contribution is 2.19. The summed E-state index contributed by atoms with van der Waals surface area (Å²) >= 11 is 1.80. The van der Waals surface area contributed by atoms with Crippen LogP contribution in [-0.4, -0.2) is 29.0 Å². The van der Waals surface area contributed by atoms with Gasteiger partial charge in [-0.25, -0.2) is 4.98 Å². The van der Waals surface area contributed by atoms with Gasteiger partial charge in [0.05, 0.1) is 5.01 Å². The number of thiazole rings is 1. The number of likely N-dealkylation sites (tertiary alicyclic amines) is 1. The van der Waals surface area contributed by atoms with Gasteiger partial charge in [-0.3, -0.25) is 4.90 Å². The summed E-state index contributed by atoms with van der Waals surface area (Å²) in [5.74, 6) is 0.618. The maximum Gasteiger partial charge on any atom is 0.0897 e. The molecule has 0 amide bonds. The van der Waals surface area contributed by atoms with E-state index >= 15 is 0 Å². The van der Waals surface area contributed by atoms with Gasteiger partial charge in [0.2, 0.25) is 0 Å². The first-order valence-electron chi connectivity index (χ1n) is 5.54. The van der Waals surface area contributed by atoms with E-state index in [1.807, 2.05) is 6.20 Å². The van der Waals surface area contributed by atoms with E-state index in [1.54, 1.807) is 11.3 Å². The van der Waals surface area contributed by atoms with Gasteiger partial charge >= 0.3 is 0 Å². The molecular formula is C11H19N3S. The van der Waals surface area contributed by atoms with Crippen LogP contribution >= 0.6 is 11.3 Å². The molecule has 1 fully saturated rings. The number of aryl methyl sites for hydroxylation is 1. The zero-order valence-corrected chi connectivity index (χ0v) is 10.3. The van der Waals surface area contributed by atoms with Crippen LogP contribution in [0.4, 0.5) is 0 Å². The number of hydrogen-bond donors (Lipinski definition) is 1. The van der Waals surface area contributed by atoms with Crippen LogP contribution in [0, 0.1) is 12.8 Å². The molecule has 0 aromatic carbocycles. The third kappa shape index (κ3) is 2.77. The Hall–Kier alpha value is -0.450. The molecule has 0 bridgehead atoms. The van der Waals surface area contributed by atoms with Crippen molar-refractivity contribution in [2.24, 2.45) is 11.7 Å². The largest absolute Gasteiger partial charge is 0.327 e. The summed E-state index contributed by atoms with van der Waals surface area (Å²) in [5.41, 5.74) is 6.00. The quantitative estimate of drug-likeness (QED) is 0.831. The fourth-order valence-corrected chi connectivity index (χ4v) is 2.93. The van der Waals surface area contributed by atoms with Crippen molar-refractivity contribution in [1.82, 2.24) is 9.88 Å². The molecule has 0 radical (unpaired) electrons. The Morgan fingerprint density at radius 2 is 2.47 bits per heavy atom. The molecule has 1 saturated heterocycles. The maximum absolute atomic E-state index is 6.00. The van der Waals surface area contributed by atoms with Gasteiger partial charge in [0.15, 0.2) is 0 Å². The molecule has 2 N–H and O–H groups in total. The van der Waals surface area contributed by atoms with Crippen LogP contribution in [0.1, 0.15) is 23.2 Å². The van der Waals surface area contributed by atoms with Crippen molar-refractivity contribution >= 4 is 11.3 Å². The highest BCUT2D eigenvalue weighted by Gasteiger charge is 2.23. The molecule has 84 valence electrons. The smallest absolute Gasteiger partial charge is 0.0897 e. The molecule has 4 heteroatoms. The minimum atomic E-state index is 0.393. The summed E-state index contributed by atoms with van der Waals surface area (Å²) in [7, 11) is 0. The van der Waals surface area contributed by atoms with Crippen LogP contribution in [0.3, 0.4) is 0 Å². The third-order valence-corrected chi connectivity index (χ3v) is 4.00. The Morgan fingerprint density at radius 1 is 1.67 bits per heavy atom. The molecule has 2 atom stereocenters. The number of rotatable bonds is 2. The number of hydrogen-bond acceptors (Lipinski definition) is 4. The molecular weight excluding hydrogens is 206 g/mol. The summed E-state index contributed by atoms with van der Waals surface area (Å²) in [5, 5.41) is 1.16. The zero-order valence-electron chi connectivity index (χ0n) is 9.44. The first-order valence-corrected chi connectivity index (χ1v) is 6.36. The molecule has 1 aromatic rings. The van der Waals surface area contributed by atoms with Gasteiger partial charge < -0.3 is 5.73 Å². The molecule has 1 aliphatic heterocycles. The predicted octanol–water partition coefficient (Wildman–Crippen LogP) is 1.62. The number of aromatic nitrogens is 1. The first kappa shape index (κ1) is 11.0. The normalized spacial score (nSPS) is 28.2. The number of nitrogens with zero attached hydrogens (tertiary/aromatic N) is 2. The molecule has 0 saturated carbocycles. The minimum Gasteiger partial charge on any atom is -0.327 e. The molecule has 0 spiro atoms. The van der Waals surface area contributed by atoms with E-state index in [-0.39, 0.29) is 0 Å². The van der Waals surface area contributed by atoms with Crippen molar-refractivity contribution < 1.29 is 0 Å².